The maximum atomic E-state index is 13.9. The van der Waals surface area contributed by atoms with Gasteiger partial charge in [-0.15, -0.1) is 0 Å². The Balaban J connectivity index is 1.94. The third kappa shape index (κ3) is 3.44. The predicted molar refractivity (Wildman–Crippen MR) is 117 cm³/mol. The summed E-state index contributed by atoms with van der Waals surface area (Å²) in [5.74, 6) is -0.764. The number of rotatable bonds is 2. The molecule has 4 rings (SSSR count). The quantitative estimate of drug-likeness (QED) is 0.365. The molecule has 0 fully saturated rings. The molecule has 4 nitrogen and oxygen atoms in total. The molecule has 1 aliphatic rings. The van der Waals surface area contributed by atoms with Gasteiger partial charge < -0.3 is 10.4 Å². The Morgan fingerprint density at radius 3 is 2.54 bits per heavy atom. The smallest absolute Gasteiger partial charge is 0.262 e. The molecule has 3 aromatic carbocycles. The van der Waals surface area contributed by atoms with Crippen LogP contribution in [-0.4, -0.2) is 11.0 Å². The van der Waals surface area contributed by atoms with Crippen molar-refractivity contribution in [1.82, 2.24) is 0 Å². The molecule has 2 N–H and O–H groups in total. The number of amides is 1. The van der Waals surface area contributed by atoms with Crippen LogP contribution < -0.4 is 10.2 Å². The number of halogens is 4. The van der Waals surface area contributed by atoms with Gasteiger partial charge in [0.15, 0.2) is 0 Å². The Bertz CT molecular complexity index is 1110. The van der Waals surface area contributed by atoms with E-state index in [4.69, 9.17) is 0 Å². The molecule has 0 radical (unpaired) electrons. The highest BCUT2D eigenvalue weighted by molar-refractivity contribution is 9.11. The Labute approximate surface area is 185 Å². The number of carbonyl (C=O) groups excluding carboxylic acids is 1. The molecule has 1 amide bonds. The number of nitrogens with zero attached hydrogens (tertiary/aromatic N) is 1. The van der Waals surface area contributed by atoms with Crippen molar-refractivity contribution in [3.8, 4) is 5.75 Å². The van der Waals surface area contributed by atoms with Crippen molar-refractivity contribution in [2.24, 2.45) is 0 Å². The fraction of sp³-hybridized carbons (Fsp3) is 0.0500. The number of fused-ring (bicyclic) bond motifs is 1. The first-order valence-corrected chi connectivity index (χ1v) is 10.6. The normalized spacial score (nSPS) is 15.9. The van der Waals surface area contributed by atoms with Crippen LogP contribution in [0.4, 0.5) is 15.8 Å². The first kappa shape index (κ1) is 19.4. The van der Waals surface area contributed by atoms with E-state index in [1.54, 1.807) is 36.4 Å². The zero-order chi connectivity index (χ0) is 20.0. The van der Waals surface area contributed by atoms with E-state index in [2.05, 4.69) is 53.1 Å². The van der Waals surface area contributed by atoms with E-state index < -0.39 is 12.0 Å². The molecule has 0 aromatic heterocycles. The molecule has 3 aromatic rings. The molecule has 0 spiro atoms. The molecular formula is C20H12Br3FN2O2. The summed E-state index contributed by atoms with van der Waals surface area (Å²) in [6.45, 7) is 0. The molecule has 1 heterocycles. The molecule has 142 valence electrons. The zero-order valence-electron chi connectivity index (χ0n) is 14.1. The molecule has 1 aliphatic heterocycles. The van der Waals surface area contributed by atoms with E-state index in [-0.39, 0.29) is 11.7 Å². The minimum absolute atomic E-state index is 0.00420. The van der Waals surface area contributed by atoms with Gasteiger partial charge in [0.25, 0.3) is 5.91 Å². The average Bonchev–Trinajstić information content (AvgIpc) is 2.65. The van der Waals surface area contributed by atoms with Gasteiger partial charge in [-0.2, -0.15) is 0 Å². The highest BCUT2D eigenvalue weighted by Gasteiger charge is 2.36. The molecule has 0 aliphatic carbocycles. The number of carbonyl (C=O) groups is 1. The number of nitrogens with one attached hydrogen (secondary N) is 1. The van der Waals surface area contributed by atoms with Crippen molar-refractivity contribution >= 4 is 65.1 Å². The van der Waals surface area contributed by atoms with Crippen LogP contribution in [-0.2, 0) is 0 Å². The number of hydrogen-bond donors (Lipinski definition) is 2. The maximum Gasteiger partial charge on any atom is 0.262 e. The van der Waals surface area contributed by atoms with Crippen molar-refractivity contribution < 1.29 is 14.3 Å². The molecule has 8 heteroatoms. The van der Waals surface area contributed by atoms with Crippen molar-refractivity contribution in [1.29, 1.82) is 0 Å². The van der Waals surface area contributed by atoms with Crippen LogP contribution >= 0.6 is 47.8 Å². The number of phenols is 1. The Morgan fingerprint density at radius 2 is 1.79 bits per heavy atom. The van der Waals surface area contributed by atoms with E-state index in [0.717, 1.165) is 8.95 Å². The third-order valence-corrected chi connectivity index (χ3v) is 5.98. The van der Waals surface area contributed by atoms with Crippen molar-refractivity contribution in [2.75, 3.05) is 10.2 Å². The Morgan fingerprint density at radius 1 is 1.00 bits per heavy atom. The van der Waals surface area contributed by atoms with E-state index >= 15 is 0 Å². The van der Waals surface area contributed by atoms with Crippen molar-refractivity contribution in [3.05, 3.63) is 85.0 Å². The monoisotopic (exact) mass is 568 g/mol. The number of hydrogen-bond acceptors (Lipinski definition) is 3. The van der Waals surface area contributed by atoms with Crippen molar-refractivity contribution in [2.45, 2.75) is 6.17 Å². The summed E-state index contributed by atoms with van der Waals surface area (Å²) >= 11 is 10.1. The van der Waals surface area contributed by atoms with Crippen LogP contribution in [0.25, 0.3) is 0 Å². The predicted octanol–water partition coefficient (Wildman–Crippen LogP) is 6.59. The lowest BCUT2D eigenvalue weighted by Gasteiger charge is -2.38. The first-order chi connectivity index (χ1) is 13.3. The van der Waals surface area contributed by atoms with E-state index in [1.807, 2.05) is 6.07 Å². The molecule has 1 atom stereocenters. The molecule has 0 saturated heterocycles. The van der Waals surface area contributed by atoms with E-state index in [9.17, 15) is 14.3 Å². The maximum absolute atomic E-state index is 13.9. The van der Waals surface area contributed by atoms with Crippen LogP contribution in [0.3, 0.4) is 0 Å². The molecule has 0 unspecified atom stereocenters. The van der Waals surface area contributed by atoms with Gasteiger partial charge in [0, 0.05) is 25.9 Å². The SMILES string of the molecule is O=C1c2cc(Br)ccc2N[C@@H](c2cc(Br)cc(Br)c2O)N1c1cccc(F)c1. The van der Waals surface area contributed by atoms with Gasteiger partial charge >= 0.3 is 0 Å². The van der Waals surface area contributed by atoms with E-state index in [0.29, 0.717) is 27.0 Å². The molecular weight excluding hydrogens is 559 g/mol. The standard InChI is InChI=1S/C20H12Br3FN2O2/c21-10-4-5-17-14(6-10)20(28)26(13-3-1-2-12(24)9-13)19(25-17)15-7-11(22)8-16(23)18(15)27/h1-9,19,25,27H/t19-/m1/s1. The van der Waals surface area contributed by atoms with Gasteiger partial charge in [0.2, 0.25) is 0 Å². The lowest BCUT2D eigenvalue weighted by molar-refractivity contribution is 0.0974. The lowest BCUT2D eigenvalue weighted by Crippen LogP contribution is -2.43. The highest BCUT2D eigenvalue weighted by atomic mass is 79.9. The second-order valence-corrected chi connectivity index (χ2v) is 8.90. The minimum atomic E-state index is -0.739. The van der Waals surface area contributed by atoms with Gasteiger partial charge in [-0.3, -0.25) is 9.69 Å². The summed E-state index contributed by atoms with van der Waals surface area (Å²) < 4.78 is 15.9. The lowest BCUT2D eigenvalue weighted by atomic mass is 10.0. The summed E-state index contributed by atoms with van der Waals surface area (Å²) in [5.41, 5.74) is 1.92. The van der Waals surface area contributed by atoms with Gasteiger partial charge in [0.05, 0.1) is 10.0 Å². The zero-order valence-corrected chi connectivity index (χ0v) is 18.8. The van der Waals surface area contributed by atoms with Crippen LogP contribution in [0.2, 0.25) is 0 Å². The molecule has 0 saturated carbocycles. The second kappa shape index (κ2) is 7.50. The minimum Gasteiger partial charge on any atom is -0.506 e. The summed E-state index contributed by atoms with van der Waals surface area (Å²) in [6, 6.07) is 14.6. The first-order valence-electron chi connectivity index (χ1n) is 8.18. The summed E-state index contributed by atoms with van der Waals surface area (Å²) in [4.78, 5) is 14.8. The molecule has 28 heavy (non-hydrogen) atoms. The van der Waals surface area contributed by atoms with Crippen LogP contribution in [0.15, 0.2) is 68.0 Å². The van der Waals surface area contributed by atoms with Crippen LogP contribution in [0, 0.1) is 5.82 Å². The van der Waals surface area contributed by atoms with Gasteiger partial charge in [-0.05, 0) is 64.5 Å². The van der Waals surface area contributed by atoms with Gasteiger partial charge in [-0.1, -0.05) is 37.9 Å². The van der Waals surface area contributed by atoms with Gasteiger partial charge in [-0.25, -0.2) is 4.39 Å². The number of anilines is 2. The summed E-state index contributed by atoms with van der Waals surface area (Å²) in [6.07, 6.45) is -0.739. The Kier molecular flexibility index (Phi) is 5.20. The average molecular weight is 571 g/mol. The second-order valence-electron chi connectivity index (χ2n) is 6.22. The fourth-order valence-electron chi connectivity index (χ4n) is 3.18. The fourth-order valence-corrected chi connectivity index (χ4v) is 4.80. The number of aromatic hydroxyl groups is 1. The molecule has 0 bridgehead atoms. The van der Waals surface area contributed by atoms with Crippen molar-refractivity contribution in [3.63, 3.8) is 0 Å². The van der Waals surface area contributed by atoms with Crippen LogP contribution in [0.5, 0.6) is 5.75 Å². The van der Waals surface area contributed by atoms with Gasteiger partial charge in [0.1, 0.15) is 17.7 Å². The number of benzene rings is 3. The Hall–Kier alpha value is -1.90. The largest absolute Gasteiger partial charge is 0.506 e. The highest BCUT2D eigenvalue weighted by Crippen LogP contribution is 2.43. The summed E-state index contributed by atoms with van der Waals surface area (Å²) in [5, 5.41) is 13.9. The number of phenolic OH excluding ortho intramolecular Hbond substituents is 1. The van der Waals surface area contributed by atoms with E-state index in [1.165, 1.54) is 17.0 Å². The van der Waals surface area contributed by atoms with Crippen LogP contribution in [0.1, 0.15) is 22.1 Å². The summed E-state index contributed by atoms with van der Waals surface area (Å²) in [7, 11) is 0. The third-order valence-electron chi connectivity index (χ3n) is 4.42. The topological polar surface area (TPSA) is 52.6 Å².